The van der Waals surface area contributed by atoms with Crippen LogP contribution in [-0.4, -0.2) is 110 Å². The van der Waals surface area contributed by atoms with E-state index in [0.29, 0.717) is 23.1 Å². The fourth-order valence-corrected chi connectivity index (χ4v) is 9.61. The van der Waals surface area contributed by atoms with Gasteiger partial charge < -0.3 is 50.8 Å². The summed E-state index contributed by atoms with van der Waals surface area (Å²) in [5.74, 6) is -5.50. The van der Waals surface area contributed by atoms with Crippen LogP contribution in [0, 0.1) is 5.92 Å². The molecule has 6 atom stereocenters. The normalized spacial score (nSPS) is 14.6. The van der Waals surface area contributed by atoms with Crippen LogP contribution in [0.3, 0.4) is 0 Å². The Morgan fingerprint density at radius 3 is 1.54 bits per heavy atom. The van der Waals surface area contributed by atoms with Crippen LogP contribution < -0.4 is 31.9 Å². The number of fused-ring (bicyclic) bond motifs is 3. The maximum atomic E-state index is 14.7. The molecular weight excluding hydrogens is 1000 g/mol. The summed E-state index contributed by atoms with van der Waals surface area (Å²) in [6, 6.07) is 38.2. The zero-order valence-electron chi connectivity index (χ0n) is 46.8. The average Bonchev–Trinajstić information content (AvgIpc) is 4.02. The Morgan fingerprint density at radius 2 is 1.06 bits per heavy atom. The monoisotopic (exact) mass is 1080 g/mol. The summed E-state index contributed by atoms with van der Waals surface area (Å²) in [6.45, 7) is 14.8. The number of amides is 6. The van der Waals surface area contributed by atoms with Crippen LogP contribution in [0.15, 0.2) is 140 Å². The molecule has 0 aliphatic heterocycles. The number of alkyl carbamates (subject to hydrolysis) is 1. The molecular formula is C62H76N6O11. The first-order valence-corrected chi connectivity index (χ1v) is 26.7. The molecule has 0 unspecified atom stereocenters. The molecule has 0 aromatic heterocycles. The molecule has 79 heavy (non-hydrogen) atoms. The minimum absolute atomic E-state index is 0.0127. The fraction of sp³-hybridized carbons (Fsp3) is 0.403. The lowest BCUT2D eigenvalue weighted by atomic mass is 9.77. The number of benzene rings is 5. The summed E-state index contributed by atoms with van der Waals surface area (Å²) in [5, 5.41) is 16.5. The quantitative estimate of drug-likeness (QED) is 0.0268. The Bertz CT molecular complexity index is 2750. The maximum Gasteiger partial charge on any atom is 0.407 e. The number of nitrogens with one attached hydrogen (secondary N) is 6. The molecule has 5 aromatic rings. The standard InChI is InChI=1S/C62H76N6O11/c1-11-39(2)53(67-59(75)77-37-48-46-33-23-21-31-44(46)45-32-22-24-34-47(45)48)57(73)66-54(40(3)79-61(7,8)9)56(72)63-36-52(70)64-49(55(71)65-50(58(74)76-10)38-78-60(4,5)6)35-51(69)68-62(41-25-15-12-16-26-41,42-27-17-13-18-28-42)43-29-19-14-20-30-43/h12-34,39-40,48-50,53-54H,11,35-38H2,1-10H3,(H,63,72)(H,64,70)(H,65,71)(H,66,73)(H,67,75)(H,68,69)/t39-,40+,49-,50-,53-,54-/m0/s1. The van der Waals surface area contributed by atoms with Crippen LogP contribution in [0.25, 0.3) is 11.1 Å². The van der Waals surface area contributed by atoms with E-state index >= 15 is 0 Å². The van der Waals surface area contributed by atoms with E-state index in [-0.39, 0.29) is 19.1 Å². The molecule has 6 N–H and O–H groups in total. The Kier molecular flexibility index (Phi) is 20.7. The van der Waals surface area contributed by atoms with Crippen molar-refractivity contribution in [1.82, 2.24) is 31.9 Å². The van der Waals surface area contributed by atoms with E-state index in [1.54, 1.807) is 55.4 Å². The topological polar surface area (TPSA) is 229 Å². The number of carbonyl (C=O) groups is 7. The van der Waals surface area contributed by atoms with Gasteiger partial charge in [0, 0.05) is 5.92 Å². The summed E-state index contributed by atoms with van der Waals surface area (Å²) in [7, 11) is 1.15. The second-order valence-electron chi connectivity index (χ2n) is 21.7. The molecule has 0 saturated heterocycles. The van der Waals surface area contributed by atoms with Gasteiger partial charge in [-0.15, -0.1) is 0 Å². The van der Waals surface area contributed by atoms with Crippen LogP contribution in [-0.2, 0) is 53.3 Å². The highest BCUT2D eigenvalue weighted by Gasteiger charge is 2.41. The Balaban J connectivity index is 1.21. The van der Waals surface area contributed by atoms with Crippen molar-refractivity contribution in [3.8, 4) is 11.1 Å². The van der Waals surface area contributed by atoms with Crippen molar-refractivity contribution >= 4 is 41.6 Å². The number of methoxy groups -OCH3 is 1. The minimum Gasteiger partial charge on any atom is -0.467 e. The molecule has 0 spiro atoms. The summed E-state index contributed by atoms with van der Waals surface area (Å²) < 4.78 is 22.8. The van der Waals surface area contributed by atoms with Crippen LogP contribution in [0.2, 0.25) is 0 Å². The highest BCUT2D eigenvalue weighted by molar-refractivity contribution is 5.97. The molecule has 0 fully saturated rings. The number of hydrogen-bond donors (Lipinski definition) is 6. The second-order valence-corrected chi connectivity index (χ2v) is 21.7. The molecule has 0 radical (unpaired) electrons. The van der Waals surface area contributed by atoms with Gasteiger partial charge in [0.1, 0.15) is 30.3 Å². The zero-order valence-corrected chi connectivity index (χ0v) is 46.8. The van der Waals surface area contributed by atoms with Crippen LogP contribution in [0.4, 0.5) is 4.79 Å². The molecule has 0 heterocycles. The predicted molar refractivity (Wildman–Crippen MR) is 300 cm³/mol. The highest BCUT2D eigenvalue weighted by Crippen LogP contribution is 2.44. The van der Waals surface area contributed by atoms with E-state index in [9.17, 15) is 33.6 Å². The summed E-state index contributed by atoms with van der Waals surface area (Å²) >= 11 is 0. The number of carbonyl (C=O) groups excluding carboxylic acids is 7. The van der Waals surface area contributed by atoms with Gasteiger partial charge in [-0.05, 0) is 93.3 Å². The Morgan fingerprint density at radius 1 is 0.557 bits per heavy atom. The van der Waals surface area contributed by atoms with Gasteiger partial charge in [0.05, 0.1) is 44.0 Å². The van der Waals surface area contributed by atoms with Crippen LogP contribution in [0.5, 0.6) is 0 Å². The molecule has 1 aliphatic rings. The largest absolute Gasteiger partial charge is 0.467 e. The van der Waals surface area contributed by atoms with E-state index < -0.39 is 107 Å². The molecule has 6 amide bonds. The molecule has 420 valence electrons. The molecule has 1 aliphatic carbocycles. The summed E-state index contributed by atoms with van der Waals surface area (Å²) in [6.07, 6.45) is -1.98. The first-order valence-electron chi connectivity index (χ1n) is 26.7. The number of ether oxygens (including phenoxy) is 4. The molecule has 5 aromatic carbocycles. The van der Waals surface area contributed by atoms with E-state index in [0.717, 1.165) is 29.4 Å². The van der Waals surface area contributed by atoms with Gasteiger partial charge in [-0.1, -0.05) is 160 Å². The lowest BCUT2D eigenvalue weighted by Gasteiger charge is -2.37. The maximum absolute atomic E-state index is 14.7. The summed E-state index contributed by atoms with van der Waals surface area (Å²) in [4.78, 5) is 98.5. The van der Waals surface area contributed by atoms with E-state index in [1.165, 1.54) is 0 Å². The van der Waals surface area contributed by atoms with Crippen molar-refractivity contribution in [3.05, 3.63) is 167 Å². The minimum atomic E-state index is -1.63. The van der Waals surface area contributed by atoms with Gasteiger partial charge in [0.2, 0.25) is 29.5 Å². The van der Waals surface area contributed by atoms with E-state index in [4.69, 9.17) is 18.9 Å². The van der Waals surface area contributed by atoms with Crippen molar-refractivity contribution in [1.29, 1.82) is 0 Å². The van der Waals surface area contributed by atoms with Gasteiger partial charge >= 0.3 is 12.1 Å². The molecule has 0 bridgehead atoms. The van der Waals surface area contributed by atoms with Crippen molar-refractivity contribution in [2.45, 2.75) is 128 Å². The van der Waals surface area contributed by atoms with E-state index in [2.05, 4.69) is 31.9 Å². The van der Waals surface area contributed by atoms with Gasteiger partial charge in [0.15, 0.2) is 6.04 Å². The van der Waals surface area contributed by atoms with Crippen molar-refractivity contribution in [2.75, 3.05) is 26.9 Å². The number of esters is 1. The first kappa shape index (κ1) is 60.3. The van der Waals surface area contributed by atoms with E-state index in [1.807, 2.05) is 146 Å². The number of hydrogen-bond acceptors (Lipinski definition) is 11. The van der Waals surface area contributed by atoms with Crippen LogP contribution >= 0.6 is 0 Å². The van der Waals surface area contributed by atoms with Crippen molar-refractivity contribution < 1.29 is 52.5 Å². The Labute approximate surface area is 463 Å². The van der Waals surface area contributed by atoms with Gasteiger partial charge in [-0.3, -0.25) is 24.0 Å². The average molecular weight is 1080 g/mol. The van der Waals surface area contributed by atoms with Gasteiger partial charge in [0.25, 0.3) is 0 Å². The third-order valence-corrected chi connectivity index (χ3v) is 13.6. The molecule has 6 rings (SSSR count). The third-order valence-electron chi connectivity index (χ3n) is 13.6. The second kappa shape index (κ2) is 27.1. The smallest absolute Gasteiger partial charge is 0.407 e. The SMILES string of the molecule is CC[C@H](C)[C@H](NC(=O)OCC1c2ccccc2-c2ccccc21)C(=O)N[C@H](C(=O)NCC(=O)N[C@@H](CC(=O)NC(c1ccccc1)(c1ccccc1)c1ccccc1)C(=O)N[C@@H](COC(C)(C)C)C(=O)OC)[C@@H](C)OC(C)(C)C. The molecule has 0 saturated carbocycles. The Hall–Kier alpha value is -7.89. The van der Waals surface area contributed by atoms with Gasteiger partial charge in [-0.25, -0.2) is 9.59 Å². The fourth-order valence-electron chi connectivity index (χ4n) is 9.61. The molecule has 17 nitrogen and oxygen atoms in total. The van der Waals surface area contributed by atoms with Crippen LogP contribution in [0.1, 0.15) is 109 Å². The number of rotatable bonds is 24. The third kappa shape index (κ3) is 16.1. The van der Waals surface area contributed by atoms with Crippen molar-refractivity contribution in [2.24, 2.45) is 5.92 Å². The molecule has 17 heteroatoms. The zero-order chi connectivity index (χ0) is 57.5. The van der Waals surface area contributed by atoms with Crippen molar-refractivity contribution in [3.63, 3.8) is 0 Å². The lowest BCUT2D eigenvalue weighted by Crippen LogP contribution is -2.60. The predicted octanol–water partition coefficient (Wildman–Crippen LogP) is 7.20. The highest BCUT2D eigenvalue weighted by atomic mass is 16.6. The first-order chi connectivity index (χ1) is 37.5. The summed E-state index contributed by atoms with van der Waals surface area (Å²) in [5.41, 5.74) is 3.46. The lowest BCUT2D eigenvalue weighted by molar-refractivity contribution is -0.149. The van der Waals surface area contributed by atoms with Gasteiger partial charge in [-0.2, -0.15) is 0 Å².